The van der Waals surface area contributed by atoms with Gasteiger partial charge in [0.05, 0.1) is 12.6 Å². The maximum Gasteiger partial charge on any atom is 0.226 e. The Morgan fingerprint density at radius 2 is 2.06 bits per heavy atom. The van der Waals surface area contributed by atoms with Crippen molar-refractivity contribution in [2.75, 3.05) is 13.2 Å². The van der Waals surface area contributed by atoms with Crippen molar-refractivity contribution in [2.24, 2.45) is 11.3 Å². The van der Waals surface area contributed by atoms with Crippen LogP contribution in [0.5, 0.6) is 0 Å². The first-order valence-electron chi connectivity index (χ1n) is 6.47. The first-order chi connectivity index (χ1) is 7.56. The number of aliphatic hydroxyl groups is 1. The van der Waals surface area contributed by atoms with E-state index in [-0.39, 0.29) is 29.9 Å². The minimum Gasteiger partial charge on any atom is -0.394 e. The average Bonchev–Trinajstić information content (AvgIpc) is 2.94. The molecule has 1 N–H and O–H groups in total. The summed E-state index contributed by atoms with van der Waals surface area (Å²) >= 11 is 0. The molecule has 0 aromatic carbocycles. The van der Waals surface area contributed by atoms with Gasteiger partial charge in [0.1, 0.15) is 0 Å². The van der Waals surface area contributed by atoms with Crippen molar-refractivity contribution >= 4 is 5.91 Å². The monoisotopic (exact) mass is 225 g/mol. The van der Waals surface area contributed by atoms with E-state index < -0.39 is 0 Å². The highest BCUT2D eigenvalue weighted by Crippen LogP contribution is 2.52. The predicted octanol–water partition coefficient (Wildman–Crippen LogP) is 1.80. The van der Waals surface area contributed by atoms with Crippen molar-refractivity contribution in [2.45, 2.75) is 52.0 Å². The summed E-state index contributed by atoms with van der Waals surface area (Å²) in [5, 5.41) is 9.37. The van der Waals surface area contributed by atoms with Gasteiger partial charge in [-0.05, 0) is 24.7 Å². The van der Waals surface area contributed by atoms with E-state index in [1.54, 1.807) is 0 Å². The number of likely N-dealkylation sites (tertiary alicyclic amines) is 1. The van der Waals surface area contributed by atoms with E-state index in [9.17, 15) is 9.90 Å². The van der Waals surface area contributed by atoms with Crippen LogP contribution in [-0.4, -0.2) is 35.1 Å². The van der Waals surface area contributed by atoms with E-state index >= 15 is 0 Å². The van der Waals surface area contributed by atoms with Crippen molar-refractivity contribution in [1.29, 1.82) is 0 Å². The van der Waals surface area contributed by atoms with Gasteiger partial charge >= 0.3 is 0 Å². The summed E-state index contributed by atoms with van der Waals surface area (Å²) in [6.07, 6.45) is 5.41. The molecule has 0 radical (unpaired) electrons. The molecule has 2 aliphatic rings. The molecule has 1 aliphatic heterocycles. The van der Waals surface area contributed by atoms with E-state index in [0.29, 0.717) is 0 Å². The smallest absolute Gasteiger partial charge is 0.226 e. The minimum atomic E-state index is 0.0754. The molecule has 3 nitrogen and oxygen atoms in total. The van der Waals surface area contributed by atoms with Crippen LogP contribution >= 0.6 is 0 Å². The third kappa shape index (κ3) is 2.24. The second kappa shape index (κ2) is 4.36. The molecule has 92 valence electrons. The molecular formula is C13H23NO2. The molecule has 1 heterocycles. The molecule has 2 fully saturated rings. The van der Waals surface area contributed by atoms with Gasteiger partial charge in [-0.25, -0.2) is 0 Å². The third-order valence-corrected chi connectivity index (χ3v) is 4.18. The van der Waals surface area contributed by atoms with Gasteiger partial charge in [0.25, 0.3) is 0 Å². The number of amides is 1. The van der Waals surface area contributed by atoms with E-state index in [0.717, 1.165) is 32.2 Å². The fourth-order valence-electron chi connectivity index (χ4n) is 2.75. The summed E-state index contributed by atoms with van der Waals surface area (Å²) in [5.41, 5.74) is 0.198. The minimum absolute atomic E-state index is 0.0754. The van der Waals surface area contributed by atoms with Crippen molar-refractivity contribution in [3.8, 4) is 0 Å². The van der Waals surface area contributed by atoms with Crippen molar-refractivity contribution < 1.29 is 9.90 Å². The summed E-state index contributed by atoms with van der Waals surface area (Å²) in [6, 6.07) is 0.0754. The van der Waals surface area contributed by atoms with Gasteiger partial charge < -0.3 is 10.0 Å². The Bertz CT molecular complexity index is 275. The molecular weight excluding hydrogens is 202 g/mol. The van der Waals surface area contributed by atoms with Gasteiger partial charge in [-0.2, -0.15) is 0 Å². The molecule has 0 bridgehead atoms. The number of aliphatic hydroxyl groups excluding tert-OH is 1. The van der Waals surface area contributed by atoms with Crippen LogP contribution in [0.15, 0.2) is 0 Å². The summed E-state index contributed by atoms with van der Waals surface area (Å²) in [5.74, 6) is 0.491. The highest BCUT2D eigenvalue weighted by Gasteiger charge is 2.52. The van der Waals surface area contributed by atoms with Gasteiger partial charge in [-0.3, -0.25) is 4.79 Å². The molecule has 0 aromatic heterocycles. The normalized spacial score (nSPS) is 33.3. The fourth-order valence-corrected chi connectivity index (χ4v) is 2.75. The molecule has 1 saturated heterocycles. The third-order valence-electron chi connectivity index (χ3n) is 4.18. The Hall–Kier alpha value is -0.570. The lowest BCUT2D eigenvalue weighted by molar-refractivity contribution is -0.136. The number of rotatable bonds is 2. The highest BCUT2D eigenvalue weighted by molar-refractivity contribution is 5.82. The standard InChI is InChI=1S/C13H23NO2/c1-13(2)8-11(13)12(16)14-7-5-3-4-6-10(14)9-15/h10-11,15H,3-9H2,1-2H3. The van der Waals surface area contributed by atoms with Crippen LogP contribution in [0.1, 0.15) is 46.0 Å². The quantitative estimate of drug-likeness (QED) is 0.778. The average molecular weight is 225 g/mol. The van der Waals surface area contributed by atoms with Crippen LogP contribution in [0.4, 0.5) is 0 Å². The number of hydrogen-bond acceptors (Lipinski definition) is 2. The fraction of sp³-hybridized carbons (Fsp3) is 0.923. The molecule has 1 aliphatic carbocycles. The lowest BCUT2D eigenvalue weighted by atomic mass is 10.1. The number of nitrogens with zero attached hydrogens (tertiary/aromatic N) is 1. The maximum atomic E-state index is 12.3. The molecule has 16 heavy (non-hydrogen) atoms. The molecule has 0 spiro atoms. The molecule has 2 unspecified atom stereocenters. The van der Waals surface area contributed by atoms with Crippen molar-refractivity contribution in [1.82, 2.24) is 4.90 Å². The van der Waals surface area contributed by atoms with Gasteiger partial charge in [-0.1, -0.05) is 26.7 Å². The van der Waals surface area contributed by atoms with E-state index in [1.807, 2.05) is 4.90 Å². The van der Waals surface area contributed by atoms with Gasteiger partial charge in [-0.15, -0.1) is 0 Å². The van der Waals surface area contributed by atoms with Crippen LogP contribution in [0.25, 0.3) is 0 Å². The van der Waals surface area contributed by atoms with E-state index in [4.69, 9.17) is 0 Å². The van der Waals surface area contributed by atoms with Crippen molar-refractivity contribution in [3.05, 3.63) is 0 Å². The van der Waals surface area contributed by atoms with Crippen LogP contribution in [-0.2, 0) is 4.79 Å². The Kier molecular flexibility index (Phi) is 3.24. The summed E-state index contributed by atoms with van der Waals surface area (Å²) in [4.78, 5) is 14.3. The molecule has 3 heteroatoms. The van der Waals surface area contributed by atoms with Crippen LogP contribution in [0.3, 0.4) is 0 Å². The summed E-state index contributed by atoms with van der Waals surface area (Å²) < 4.78 is 0. The predicted molar refractivity (Wildman–Crippen MR) is 62.9 cm³/mol. The Labute approximate surface area is 97.8 Å². The Morgan fingerprint density at radius 1 is 1.38 bits per heavy atom. The molecule has 1 amide bonds. The SMILES string of the molecule is CC1(C)CC1C(=O)N1CCCCCC1CO. The zero-order valence-electron chi connectivity index (χ0n) is 10.4. The van der Waals surface area contributed by atoms with Crippen LogP contribution in [0.2, 0.25) is 0 Å². The first kappa shape index (κ1) is 11.9. The summed E-state index contributed by atoms with van der Waals surface area (Å²) in [6.45, 7) is 5.28. The molecule has 1 saturated carbocycles. The maximum absolute atomic E-state index is 12.3. The lowest BCUT2D eigenvalue weighted by Gasteiger charge is -2.29. The largest absolute Gasteiger partial charge is 0.394 e. The summed E-state index contributed by atoms with van der Waals surface area (Å²) in [7, 11) is 0. The highest BCUT2D eigenvalue weighted by atomic mass is 16.3. The molecule has 2 rings (SSSR count). The molecule has 2 atom stereocenters. The van der Waals surface area contributed by atoms with Gasteiger partial charge in [0.2, 0.25) is 5.91 Å². The Morgan fingerprint density at radius 3 is 2.62 bits per heavy atom. The van der Waals surface area contributed by atoms with Gasteiger partial charge in [0.15, 0.2) is 0 Å². The van der Waals surface area contributed by atoms with Crippen LogP contribution < -0.4 is 0 Å². The van der Waals surface area contributed by atoms with E-state index in [2.05, 4.69) is 13.8 Å². The number of hydrogen-bond donors (Lipinski definition) is 1. The number of carbonyl (C=O) groups excluding carboxylic acids is 1. The van der Waals surface area contributed by atoms with Crippen LogP contribution in [0, 0.1) is 11.3 Å². The second-order valence-electron chi connectivity index (χ2n) is 5.96. The van der Waals surface area contributed by atoms with Gasteiger partial charge in [0, 0.05) is 12.5 Å². The second-order valence-corrected chi connectivity index (χ2v) is 5.96. The zero-order chi connectivity index (χ0) is 11.8. The molecule has 0 aromatic rings. The first-order valence-corrected chi connectivity index (χ1v) is 6.47. The zero-order valence-corrected chi connectivity index (χ0v) is 10.4. The number of carbonyl (C=O) groups is 1. The van der Waals surface area contributed by atoms with E-state index in [1.165, 1.54) is 6.42 Å². The lowest BCUT2D eigenvalue weighted by Crippen LogP contribution is -2.43. The topological polar surface area (TPSA) is 40.5 Å². The Balaban J connectivity index is 2.02. The van der Waals surface area contributed by atoms with Crippen molar-refractivity contribution in [3.63, 3.8) is 0 Å².